The Labute approximate surface area is 145 Å². The molecule has 0 N–H and O–H groups in total. The van der Waals surface area contributed by atoms with E-state index in [0.717, 1.165) is 34.9 Å². The van der Waals surface area contributed by atoms with Crippen LogP contribution in [0.25, 0.3) is 16.9 Å². The molecule has 0 radical (unpaired) electrons. The van der Waals surface area contributed by atoms with E-state index in [1.54, 1.807) is 11.8 Å². The van der Waals surface area contributed by atoms with Crippen molar-refractivity contribution < 1.29 is 4.79 Å². The fourth-order valence-electron chi connectivity index (χ4n) is 3.09. The van der Waals surface area contributed by atoms with Crippen LogP contribution in [0, 0.1) is 0 Å². The molecule has 4 heteroatoms. The Morgan fingerprint density at radius 2 is 1.71 bits per heavy atom. The van der Waals surface area contributed by atoms with Crippen LogP contribution in [-0.2, 0) is 4.79 Å². The summed E-state index contributed by atoms with van der Waals surface area (Å²) in [5, 5.41) is 0.929. The van der Waals surface area contributed by atoms with Crippen LogP contribution in [0.4, 0.5) is 0 Å². The van der Waals surface area contributed by atoms with Crippen molar-refractivity contribution in [2.75, 3.05) is 0 Å². The molecule has 1 saturated carbocycles. The van der Waals surface area contributed by atoms with Crippen LogP contribution >= 0.6 is 11.8 Å². The van der Waals surface area contributed by atoms with Gasteiger partial charge in [0, 0.05) is 17.7 Å². The first-order chi connectivity index (χ1) is 11.8. The van der Waals surface area contributed by atoms with Gasteiger partial charge in [0.1, 0.15) is 5.78 Å². The monoisotopic (exact) mass is 334 g/mol. The molecular formula is C20H18N2OS. The van der Waals surface area contributed by atoms with Crippen LogP contribution in [0.3, 0.4) is 0 Å². The number of hydrogen-bond donors (Lipinski definition) is 0. The highest BCUT2D eigenvalue weighted by Gasteiger charge is 2.27. The third-order valence-electron chi connectivity index (χ3n) is 4.31. The molecule has 0 unspecified atom stereocenters. The SMILES string of the molecule is O=C1CCC[C@@H]1Sc1ncc(-c2ccccc2)n1-c1ccccc1. The lowest BCUT2D eigenvalue weighted by molar-refractivity contribution is -0.116. The van der Waals surface area contributed by atoms with Crippen LogP contribution in [-0.4, -0.2) is 20.6 Å². The number of hydrogen-bond acceptors (Lipinski definition) is 3. The van der Waals surface area contributed by atoms with Gasteiger partial charge in [0.25, 0.3) is 0 Å². The third-order valence-corrected chi connectivity index (χ3v) is 5.59. The van der Waals surface area contributed by atoms with Crippen molar-refractivity contribution in [3.8, 4) is 16.9 Å². The van der Waals surface area contributed by atoms with Crippen molar-refractivity contribution in [2.24, 2.45) is 0 Å². The van der Waals surface area contributed by atoms with Gasteiger partial charge in [-0.2, -0.15) is 0 Å². The minimum Gasteiger partial charge on any atom is -0.298 e. The van der Waals surface area contributed by atoms with E-state index < -0.39 is 0 Å². The molecule has 4 rings (SSSR count). The molecule has 1 aliphatic carbocycles. The van der Waals surface area contributed by atoms with Gasteiger partial charge in [-0.15, -0.1) is 0 Å². The van der Waals surface area contributed by atoms with Gasteiger partial charge in [0.2, 0.25) is 0 Å². The topological polar surface area (TPSA) is 34.9 Å². The Kier molecular flexibility index (Phi) is 4.22. The molecule has 1 aliphatic rings. The average molecular weight is 334 g/mol. The first-order valence-corrected chi connectivity index (χ1v) is 9.09. The average Bonchev–Trinajstić information content (AvgIpc) is 3.23. The minimum absolute atomic E-state index is 0.0403. The molecule has 1 heterocycles. The molecule has 1 fully saturated rings. The number of carbonyl (C=O) groups is 1. The van der Waals surface area contributed by atoms with E-state index in [0.29, 0.717) is 12.2 Å². The Morgan fingerprint density at radius 3 is 2.38 bits per heavy atom. The maximum atomic E-state index is 12.0. The second kappa shape index (κ2) is 6.65. The summed E-state index contributed by atoms with van der Waals surface area (Å²) in [6.07, 6.45) is 4.55. The van der Waals surface area contributed by atoms with Gasteiger partial charge >= 0.3 is 0 Å². The van der Waals surface area contributed by atoms with E-state index in [1.165, 1.54) is 0 Å². The molecular weight excluding hydrogens is 316 g/mol. The van der Waals surface area contributed by atoms with Gasteiger partial charge in [-0.25, -0.2) is 4.98 Å². The Morgan fingerprint density at radius 1 is 1.00 bits per heavy atom. The summed E-state index contributed by atoms with van der Waals surface area (Å²) < 4.78 is 2.16. The number of benzene rings is 2. The zero-order valence-corrected chi connectivity index (χ0v) is 14.1. The smallest absolute Gasteiger partial charge is 0.173 e. The summed E-state index contributed by atoms with van der Waals surface area (Å²) in [4.78, 5) is 16.7. The molecule has 0 spiro atoms. The lowest BCUT2D eigenvalue weighted by atomic mass is 10.1. The van der Waals surface area contributed by atoms with Crippen molar-refractivity contribution in [1.82, 2.24) is 9.55 Å². The lowest BCUT2D eigenvalue weighted by Gasteiger charge is -2.13. The quantitative estimate of drug-likeness (QED) is 0.690. The van der Waals surface area contributed by atoms with Crippen molar-refractivity contribution in [2.45, 2.75) is 29.7 Å². The number of imidazole rings is 1. The molecule has 0 bridgehead atoms. The summed E-state index contributed by atoms with van der Waals surface area (Å²) in [7, 11) is 0. The van der Waals surface area contributed by atoms with E-state index in [-0.39, 0.29) is 5.25 Å². The van der Waals surface area contributed by atoms with Crippen molar-refractivity contribution in [3.63, 3.8) is 0 Å². The zero-order chi connectivity index (χ0) is 16.4. The molecule has 0 saturated heterocycles. The van der Waals surface area contributed by atoms with Crippen molar-refractivity contribution >= 4 is 17.5 Å². The van der Waals surface area contributed by atoms with Crippen LogP contribution < -0.4 is 0 Å². The lowest BCUT2D eigenvalue weighted by Crippen LogP contribution is -2.10. The van der Waals surface area contributed by atoms with Gasteiger partial charge in [0.15, 0.2) is 5.16 Å². The van der Waals surface area contributed by atoms with Crippen molar-refractivity contribution in [1.29, 1.82) is 0 Å². The first kappa shape index (κ1) is 15.2. The second-order valence-electron chi connectivity index (χ2n) is 5.93. The van der Waals surface area contributed by atoms with Crippen LogP contribution in [0.5, 0.6) is 0 Å². The molecule has 0 amide bonds. The predicted octanol–water partition coefficient (Wildman–Crippen LogP) is 4.75. The number of ketones is 1. The highest BCUT2D eigenvalue weighted by Crippen LogP contribution is 2.35. The first-order valence-electron chi connectivity index (χ1n) is 8.21. The highest BCUT2D eigenvalue weighted by molar-refractivity contribution is 8.00. The van der Waals surface area contributed by atoms with E-state index in [9.17, 15) is 4.79 Å². The van der Waals surface area contributed by atoms with Crippen LogP contribution in [0.2, 0.25) is 0 Å². The molecule has 24 heavy (non-hydrogen) atoms. The maximum Gasteiger partial charge on any atom is 0.173 e. The standard InChI is InChI=1S/C20H18N2OS/c23-18-12-7-13-19(18)24-20-21-14-17(15-8-3-1-4-9-15)22(20)16-10-5-2-6-11-16/h1-6,8-11,14,19H,7,12-13H2/t19-/m0/s1. The molecule has 0 aliphatic heterocycles. The van der Waals surface area contributed by atoms with Gasteiger partial charge < -0.3 is 0 Å². The Balaban J connectivity index is 1.79. The number of para-hydroxylation sites is 1. The number of aromatic nitrogens is 2. The predicted molar refractivity (Wildman–Crippen MR) is 97.5 cm³/mol. The van der Waals surface area contributed by atoms with Gasteiger partial charge in [-0.1, -0.05) is 60.3 Å². The third kappa shape index (κ3) is 2.89. The normalized spacial score (nSPS) is 17.3. The summed E-state index contributed by atoms with van der Waals surface area (Å²) in [5.41, 5.74) is 3.25. The van der Waals surface area contributed by atoms with Crippen LogP contribution in [0.15, 0.2) is 72.0 Å². The number of Topliss-reactive ketones (excluding diaryl/α,β-unsaturated/α-hetero) is 1. The Hall–Kier alpha value is -2.33. The molecule has 1 atom stereocenters. The van der Waals surface area contributed by atoms with Gasteiger partial charge in [-0.05, 0) is 25.0 Å². The number of carbonyl (C=O) groups excluding carboxylic acids is 1. The summed E-state index contributed by atoms with van der Waals surface area (Å²) in [6.45, 7) is 0. The molecule has 3 nitrogen and oxygen atoms in total. The van der Waals surface area contributed by atoms with E-state index >= 15 is 0 Å². The molecule has 3 aromatic rings. The van der Waals surface area contributed by atoms with E-state index in [1.807, 2.05) is 42.6 Å². The Bertz CT molecular complexity index is 843. The van der Waals surface area contributed by atoms with Crippen molar-refractivity contribution in [3.05, 3.63) is 66.9 Å². The zero-order valence-electron chi connectivity index (χ0n) is 13.3. The fraction of sp³-hybridized carbons (Fsp3) is 0.200. The molecule has 120 valence electrons. The fourth-order valence-corrected chi connectivity index (χ4v) is 4.30. The molecule has 1 aromatic heterocycles. The number of rotatable bonds is 4. The summed E-state index contributed by atoms with van der Waals surface area (Å²) >= 11 is 1.60. The van der Waals surface area contributed by atoms with Gasteiger partial charge in [0.05, 0.1) is 17.1 Å². The summed E-state index contributed by atoms with van der Waals surface area (Å²) in [5.74, 6) is 0.351. The van der Waals surface area contributed by atoms with Gasteiger partial charge in [-0.3, -0.25) is 9.36 Å². The molecule has 2 aromatic carbocycles. The largest absolute Gasteiger partial charge is 0.298 e. The highest BCUT2D eigenvalue weighted by atomic mass is 32.2. The number of thioether (sulfide) groups is 1. The van der Waals surface area contributed by atoms with E-state index in [2.05, 4.69) is 33.8 Å². The van der Waals surface area contributed by atoms with E-state index in [4.69, 9.17) is 0 Å². The summed E-state index contributed by atoms with van der Waals surface area (Å²) in [6, 6.07) is 20.5. The maximum absolute atomic E-state index is 12.0. The second-order valence-corrected chi connectivity index (χ2v) is 7.10. The number of nitrogens with zero attached hydrogens (tertiary/aromatic N) is 2. The van der Waals surface area contributed by atoms with Crippen LogP contribution in [0.1, 0.15) is 19.3 Å². The minimum atomic E-state index is 0.0403.